The first-order valence-corrected chi connectivity index (χ1v) is 7.02. The maximum absolute atomic E-state index is 12.7. The van der Waals surface area contributed by atoms with Crippen LogP contribution in [0.1, 0.15) is 11.1 Å². The molecule has 0 amide bonds. The van der Waals surface area contributed by atoms with Gasteiger partial charge in [0.15, 0.2) is 0 Å². The van der Waals surface area contributed by atoms with E-state index in [0.717, 1.165) is 25.1 Å². The Hall–Kier alpha value is -1.65. The van der Waals surface area contributed by atoms with Gasteiger partial charge >= 0.3 is 12.1 Å². The quantitative estimate of drug-likeness (QED) is 0.740. The molecular weight excluding hydrogens is 315 g/mol. The van der Waals surface area contributed by atoms with Crippen LogP contribution >= 0.6 is 0 Å². The van der Waals surface area contributed by atoms with E-state index < -0.39 is 50.8 Å². The molecule has 118 valence electrons. The minimum atomic E-state index is -4.74. The molecule has 0 aliphatic heterocycles. The molecule has 0 saturated carbocycles. The number of benzene rings is 1. The molecule has 0 radical (unpaired) electrons. The third-order valence-corrected chi connectivity index (χ3v) is 4.27. The van der Waals surface area contributed by atoms with Gasteiger partial charge in [-0.1, -0.05) is 6.07 Å². The summed E-state index contributed by atoms with van der Waals surface area (Å²) in [6.07, 6.45) is -4.74. The summed E-state index contributed by atoms with van der Waals surface area (Å²) >= 11 is 0. The Morgan fingerprint density at radius 3 is 2.38 bits per heavy atom. The number of carboxylic acids is 1. The van der Waals surface area contributed by atoms with Gasteiger partial charge in [0.25, 0.3) is 0 Å². The second-order valence-electron chi connectivity index (χ2n) is 4.12. The van der Waals surface area contributed by atoms with Gasteiger partial charge < -0.3 is 10.2 Å². The third-order valence-electron chi connectivity index (χ3n) is 2.66. The molecule has 0 fully saturated rings. The molecule has 0 spiro atoms. The van der Waals surface area contributed by atoms with Crippen molar-refractivity contribution >= 4 is 16.0 Å². The zero-order valence-electron chi connectivity index (χ0n) is 10.7. The van der Waals surface area contributed by atoms with Gasteiger partial charge in [0, 0.05) is 0 Å². The largest absolute Gasteiger partial charge is 0.480 e. The fraction of sp³-hybridized carbons (Fsp3) is 0.364. The van der Waals surface area contributed by atoms with E-state index in [1.54, 1.807) is 4.72 Å². The summed E-state index contributed by atoms with van der Waals surface area (Å²) in [5.41, 5.74) is -1.69. The summed E-state index contributed by atoms with van der Waals surface area (Å²) in [7, 11) is -4.52. The van der Waals surface area contributed by atoms with E-state index in [-0.39, 0.29) is 0 Å². The SMILES string of the molecule is Cc1c(C(F)(F)F)cccc1S(=O)(=O)N[C@@H](CO)C(=O)O. The molecule has 0 unspecified atom stereocenters. The first kappa shape index (κ1) is 17.4. The fourth-order valence-corrected chi connectivity index (χ4v) is 3.08. The van der Waals surface area contributed by atoms with Gasteiger partial charge in [-0.3, -0.25) is 4.79 Å². The maximum Gasteiger partial charge on any atom is 0.416 e. The number of rotatable bonds is 5. The van der Waals surface area contributed by atoms with Crippen molar-refractivity contribution in [3.8, 4) is 0 Å². The molecule has 1 aromatic carbocycles. The lowest BCUT2D eigenvalue weighted by Gasteiger charge is -2.16. The molecule has 6 nitrogen and oxygen atoms in total. The highest BCUT2D eigenvalue weighted by atomic mass is 32.2. The van der Waals surface area contributed by atoms with Crippen LogP contribution in [0.5, 0.6) is 0 Å². The van der Waals surface area contributed by atoms with Crippen molar-refractivity contribution in [2.24, 2.45) is 0 Å². The Morgan fingerprint density at radius 1 is 1.38 bits per heavy atom. The highest BCUT2D eigenvalue weighted by Crippen LogP contribution is 2.34. The smallest absolute Gasteiger partial charge is 0.416 e. The van der Waals surface area contributed by atoms with Gasteiger partial charge in [-0.2, -0.15) is 17.9 Å². The van der Waals surface area contributed by atoms with Crippen LogP contribution in [-0.2, 0) is 21.0 Å². The molecule has 0 aliphatic rings. The van der Waals surface area contributed by atoms with E-state index in [1.807, 2.05) is 0 Å². The van der Waals surface area contributed by atoms with Gasteiger partial charge in [-0.25, -0.2) is 8.42 Å². The minimum Gasteiger partial charge on any atom is -0.480 e. The standard InChI is InChI=1S/C11H12F3NO5S/c1-6-7(11(12,13)14)3-2-4-9(6)21(19,20)15-8(5-16)10(17)18/h2-4,8,15-16H,5H2,1H3,(H,17,18)/t8-/m0/s1. The second-order valence-corrected chi connectivity index (χ2v) is 5.80. The molecule has 10 heteroatoms. The van der Waals surface area contributed by atoms with Gasteiger partial charge in [-0.05, 0) is 24.6 Å². The highest BCUT2D eigenvalue weighted by Gasteiger charge is 2.35. The number of carbonyl (C=O) groups is 1. The average Bonchev–Trinajstić information content (AvgIpc) is 2.34. The van der Waals surface area contributed by atoms with Crippen LogP contribution in [0.2, 0.25) is 0 Å². The Labute approximate surface area is 118 Å². The Bertz CT molecular complexity index is 642. The third kappa shape index (κ3) is 3.93. The molecule has 0 aliphatic carbocycles. The second kappa shape index (κ2) is 6.00. The summed E-state index contributed by atoms with van der Waals surface area (Å²) in [6.45, 7) is -0.0708. The molecule has 1 atom stereocenters. The molecule has 0 bridgehead atoms. The van der Waals surface area contributed by atoms with Crippen molar-refractivity contribution in [3.63, 3.8) is 0 Å². The predicted octanol–water partition coefficient (Wildman–Crippen LogP) is 0.738. The van der Waals surface area contributed by atoms with E-state index in [0.29, 0.717) is 0 Å². The number of hydrogen-bond donors (Lipinski definition) is 3. The summed E-state index contributed by atoms with van der Waals surface area (Å²) < 4.78 is 63.7. The lowest BCUT2D eigenvalue weighted by Crippen LogP contribution is -2.43. The summed E-state index contributed by atoms with van der Waals surface area (Å²) in [5, 5.41) is 17.4. The lowest BCUT2D eigenvalue weighted by atomic mass is 10.1. The molecular formula is C11H12F3NO5S. The summed E-state index contributed by atoms with van der Waals surface area (Å²) in [4.78, 5) is 9.99. The van der Waals surface area contributed by atoms with Crippen LogP contribution in [0.3, 0.4) is 0 Å². The van der Waals surface area contributed by atoms with Crippen LogP contribution in [-0.4, -0.2) is 37.2 Å². The van der Waals surface area contributed by atoms with E-state index in [9.17, 15) is 26.4 Å². The Morgan fingerprint density at radius 2 is 1.95 bits per heavy atom. The number of alkyl halides is 3. The van der Waals surface area contributed by atoms with E-state index in [1.165, 1.54) is 0 Å². The normalized spacial score (nSPS) is 14.0. The predicted molar refractivity (Wildman–Crippen MR) is 65.0 cm³/mol. The van der Waals surface area contributed by atoms with Gasteiger partial charge in [0.05, 0.1) is 17.1 Å². The number of aliphatic hydroxyl groups excluding tert-OH is 1. The van der Waals surface area contributed by atoms with Crippen LogP contribution in [0.4, 0.5) is 13.2 Å². The molecule has 0 saturated heterocycles. The van der Waals surface area contributed by atoms with Crippen LogP contribution < -0.4 is 4.72 Å². The fourth-order valence-electron chi connectivity index (χ4n) is 1.63. The highest BCUT2D eigenvalue weighted by molar-refractivity contribution is 7.89. The van der Waals surface area contributed by atoms with Crippen LogP contribution in [0, 0.1) is 6.92 Å². The molecule has 0 aromatic heterocycles. The number of aliphatic carboxylic acids is 1. The number of aliphatic hydroxyl groups is 1. The molecule has 3 N–H and O–H groups in total. The molecule has 21 heavy (non-hydrogen) atoms. The summed E-state index contributed by atoms with van der Waals surface area (Å²) in [5.74, 6) is -1.65. The number of carboxylic acid groups (broad SMARTS) is 1. The first-order valence-electron chi connectivity index (χ1n) is 5.53. The lowest BCUT2D eigenvalue weighted by molar-refractivity contribution is -0.140. The van der Waals surface area contributed by atoms with Gasteiger partial charge in [0.2, 0.25) is 10.0 Å². The molecule has 1 aromatic rings. The zero-order chi connectivity index (χ0) is 16.4. The van der Waals surface area contributed by atoms with Gasteiger partial charge in [0.1, 0.15) is 6.04 Å². The van der Waals surface area contributed by atoms with E-state index >= 15 is 0 Å². The number of sulfonamides is 1. The monoisotopic (exact) mass is 327 g/mol. The average molecular weight is 327 g/mol. The molecule has 0 heterocycles. The first-order chi connectivity index (χ1) is 9.50. The molecule has 1 rings (SSSR count). The maximum atomic E-state index is 12.7. The van der Waals surface area contributed by atoms with Gasteiger partial charge in [-0.15, -0.1) is 0 Å². The van der Waals surface area contributed by atoms with E-state index in [2.05, 4.69) is 0 Å². The number of hydrogen-bond acceptors (Lipinski definition) is 4. The van der Waals surface area contributed by atoms with Crippen molar-refractivity contribution in [1.29, 1.82) is 0 Å². The number of halogens is 3. The Balaban J connectivity index is 3.30. The van der Waals surface area contributed by atoms with E-state index in [4.69, 9.17) is 10.2 Å². The van der Waals surface area contributed by atoms with Crippen LogP contribution in [0.15, 0.2) is 23.1 Å². The summed E-state index contributed by atoms with van der Waals surface area (Å²) in [6, 6.07) is 0.695. The Kier molecular flexibility index (Phi) is 4.97. The topological polar surface area (TPSA) is 104 Å². The van der Waals surface area contributed by atoms with Crippen molar-refractivity contribution in [1.82, 2.24) is 4.72 Å². The number of nitrogens with one attached hydrogen (secondary N) is 1. The van der Waals surface area contributed by atoms with Crippen molar-refractivity contribution < 1.29 is 36.6 Å². The minimum absolute atomic E-state index is 0.556. The van der Waals surface area contributed by atoms with Crippen molar-refractivity contribution in [2.45, 2.75) is 24.0 Å². The zero-order valence-corrected chi connectivity index (χ0v) is 11.5. The van der Waals surface area contributed by atoms with Crippen molar-refractivity contribution in [3.05, 3.63) is 29.3 Å². The van der Waals surface area contributed by atoms with Crippen molar-refractivity contribution in [2.75, 3.05) is 6.61 Å². The van der Waals surface area contributed by atoms with Crippen LogP contribution in [0.25, 0.3) is 0 Å².